The topological polar surface area (TPSA) is 127 Å². The molecule has 2 rings (SSSR count). The van der Waals surface area contributed by atoms with Crippen molar-refractivity contribution in [2.45, 2.75) is 17.4 Å². The van der Waals surface area contributed by atoms with Crippen molar-refractivity contribution in [3.05, 3.63) is 28.3 Å². The lowest BCUT2D eigenvalue weighted by molar-refractivity contribution is -0.384. The fourth-order valence-corrected chi connectivity index (χ4v) is 2.49. The first-order valence-electron chi connectivity index (χ1n) is 5.66. The summed E-state index contributed by atoms with van der Waals surface area (Å²) >= 11 is 0. The third kappa shape index (κ3) is 3.19. The van der Waals surface area contributed by atoms with Crippen molar-refractivity contribution in [1.29, 1.82) is 0 Å². The molecule has 1 saturated heterocycles. The highest BCUT2D eigenvalue weighted by Gasteiger charge is 2.22. The van der Waals surface area contributed by atoms with Crippen LogP contribution in [0.15, 0.2) is 23.1 Å². The number of sulfonamides is 1. The quantitative estimate of drug-likeness (QED) is 0.528. The van der Waals surface area contributed by atoms with E-state index in [1.165, 1.54) is 12.1 Å². The minimum Gasteiger partial charge on any atom is -0.375 e. The van der Waals surface area contributed by atoms with E-state index in [9.17, 15) is 18.5 Å². The molecule has 19 heavy (non-hydrogen) atoms. The van der Waals surface area contributed by atoms with Gasteiger partial charge >= 0.3 is 0 Å². The number of anilines is 1. The SMILES string of the molecule is NS(=O)(=O)c1ccc(NC2CCNC2)c([N+](=O)[O-])c1. The molecule has 1 aliphatic heterocycles. The summed E-state index contributed by atoms with van der Waals surface area (Å²) in [4.78, 5) is 10.1. The maximum atomic E-state index is 11.2. The molecule has 1 atom stereocenters. The Kier molecular flexibility index (Phi) is 3.69. The molecule has 104 valence electrons. The van der Waals surface area contributed by atoms with Crippen molar-refractivity contribution in [3.63, 3.8) is 0 Å². The normalized spacial score (nSPS) is 19.3. The fourth-order valence-electron chi connectivity index (χ4n) is 1.96. The third-order valence-electron chi connectivity index (χ3n) is 2.91. The van der Waals surface area contributed by atoms with Gasteiger partial charge in [0.05, 0.1) is 9.82 Å². The molecule has 1 aromatic rings. The number of primary sulfonamides is 1. The Labute approximate surface area is 110 Å². The molecule has 0 saturated carbocycles. The molecule has 0 bridgehead atoms. The summed E-state index contributed by atoms with van der Waals surface area (Å²) in [5.74, 6) is 0. The second-order valence-electron chi connectivity index (χ2n) is 4.32. The van der Waals surface area contributed by atoms with Crippen LogP contribution in [0.1, 0.15) is 6.42 Å². The summed E-state index contributed by atoms with van der Waals surface area (Å²) in [6, 6.07) is 3.70. The van der Waals surface area contributed by atoms with Crippen LogP contribution in [0.2, 0.25) is 0 Å². The van der Waals surface area contributed by atoms with E-state index in [0.717, 1.165) is 19.0 Å². The van der Waals surface area contributed by atoms with Gasteiger partial charge in [-0.1, -0.05) is 0 Å². The molecule has 1 heterocycles. The smallest absolute Gasteiger partial charge is 0.293 e. The van der Waals surface area contributed by atoms with E-state index in [0.29, 0.717) is 12.2 Å². The fraction of sp³-hybridized carbons (Fsp3) is 0.400. The van der Waals surface area contributed by atoms with Crippen LogP contribution in [0.5, 0.6) is 0 Å². The Morgan fingerprint density at radius 2 is 2.21 bits per heavy atom. The van der Waals surface area contributed by atoms with Gasteiger partial charge in [-0.25, -0.2) is 13.6 Å². The van der Waals surface area contributed by atoms with Gasteiger partial charge in [-0.15, -0.1) is 0 Å². The van der Waals surface area contributed by atoms with E-state index < -0.39 is 14.9 Å². The molecular weight excluding hydrogens is 272 g/mol. The highest BCUT2D eigenvalue weighted by atomic mass is 32.2. The van der Waals surface area contributed by atoms with Crippen LogP contribution in [0.4, 0.5) is 11.4 Å². The zero-order valence-corrected chi connectivity index (χ0v) is 10.8. The first-order chi connectivity index (χ1) is 8.88. The number of nitro groups is 1. The number of rotatable bonds is 4. The lowest BCUT2D eigenvalue weighted by atomic mass is 10.2. The summed E-state index contributed by atoms with van der Waals surface area (Å²) in [6.07, 6.45) is 0.855. The van der Waals surface area contributed by atoms with E-state index in [1.807, 2.05) is 0 Å². The maximum Gasteiger partial charge on any atom is 0.293 e. The van der Waals surface area contributed by atoms with Gasteiger partial charge in [0.15, 0.2) is 0 Å². The molecule has 0 aliphatic carbocycles. The van der Waals surface area contributed by atoms with E-state index in [1.54, 1.807) is 0 Å². The van der Waals surface area contributed by atoms with Crippen molar-refractivity contribution in [3.8, 4) is 0 Å². The Morgan fingerprint density at radius 3 is 2.74 bits per heavy atom. The van der Waals surface area contributed by atoms with Crippen molar-refractivity contribution >= 4 is 21.4 Å². The van der Waals surface area contributed by atoms with Crippen LogP contribution >= 0.6 is 0 Å². The lowest BCUT2D eigenvalue weighted by Gasteiger charge is -2.13. The van der Waals surface area contributed by atoms with Crippen LogP contribution in [-0.4, -0.2) is 32.5 Å². The number of nitrogens with two attached hydrogens (primary N) is 1. The monoisotopic (exact) mass is 286 g/mol. The molecule has 1 fully saturated rings. The molecule has 4 N–H and O–H groups in total. The van der Waals surface area contributed by atoms with E-state index in [-0.39, 0.29) is 16.6 Å². The molecular formula is C10H14N4O4S. The number of benzene rings is 1. The number of hydrogen-bond donors (Lipinski definition) is 3. The number of nitro benzene ring substituents is 1. The first-order valence-corrected chi connectivity index (χ1v) is 7.21. The second-order valence-corrected chi connectivity index (χ2v) is 5.88. The van der Waals surface area contributed by atoms with Gasteiger partial charge in [-0.3, -0.25) is 10.1 Å². The van der Waals surface area contributed by atoms with Gasteiger partial charge in [-0.05, 0) is 25.1 Å². The van der Waals surface area contributed by atoms with Gasteiger partial charge in [0.25, 0.3) is 5.69 Å². The standard InChI is InChI=1S/C10H14N4O4S/c11-19(17,18)8-1-2-9(10(5-8)14(15)16)13-7-3-4-12-6-7/h1-2,5,7,12-13H,3-4,6H2,(H2,11,17,18). The molecule has 0 spiro atoms. The molecule has 8 nitrogen and oxygen atoms in total. The van der Waals surface area contributed by atoms with Crippen LogP contribution in [0.25, 0.3) is 0 Å². The van der Waals surface area contributed by atoms with Crippen molar-refractivity contribution in [2.75, 3.05) is 18.4 Å². The Morgan fingerprint density at radius 1 is 1.47 bits per heavy atom. The molecule has 0 amide bonds. The van der Waals surface area contributed by atoms with E-state index >= 15 is 0 Å². The van der Waals surface area contributed by atoms with E-state index in [4.69, 9.17) is 5.14 Å². The molecule has 1 aliphatic rings. The predicted octanol–water partition coefficient (Wildman–Crippen LogP) is 0.0160. The van der Waals surface area contributed by atoms with Gasteiger partial charge in [0, 0.05) is 18.7 Å². The van der Waals surface area contributed by atoms with Gasteiger partial charge < -0.3 is 10.6 Å². The Hall–Kier alpha value is -1.71. The molecule has 0 aromatic heterocycles. The zero-order valence-electron chi connectivity index (χ0n) is 10.00. The largest absolute Gasteiger partial charge is 0.375 e. The lowest BCUT2D eigenvalue weighted by Crippen LogP contribution is -2.22. The number of nitrogens with one attached hydrogen (secondary N) is 2. The van der Waals surface area contributed by atoms with Gasteiger partial charge in [0.1, 0.15) is 5.69 Å². The molecule has 1 aromatic carbocycles. The minimum absolute atomic E-state index is 0.0963. The van der Waals surface area contributed by atoms with Crippen LogP contribution in [-0.2, 0) is 10.0 Å². The van der Waals surface area contributed by atoms with Crippen LogP contribution < -0.4 is 15.8 Å². The maximum absolute atomic E-state index is 11.2. The van der Waals surface area contributed by atoms with Gasteiger partial charge in [-0.2, -0.15) is 0 Å². The first kappa shape index (κ1) is 13.7. The van der Waals surface area contributed by atoms with Crippen molar-refractivity contribution in [1.82, 2.24) is 5.32 Å². The Bertz CT molecular complexity index is 596. The van der Waals surface area contributed by atoms with Crippen molar-refractivity contribution < 1.29 is 13.3 Å². The Balaban J connectivity index is 2.35. The van der Waals surface area contributed by atoms with E-state index in [2.05, 4.69) is 10.6 Å². The summed E-state index contributed by atoms with van der Waals surface area (Å²) in [5.41, 5.74) is 0.00419. The minimum atomic E-state index is -3.95. The predicted molar refractivity (Wildman–Crippen MR) is 69.4 cm³/mol. The second kappa shape index (κ2) is 5.11. The van der Waals surface area contributed by atoms with Crippen LogP contribution in [0.3, 0.4) is 0 Å². The third-order valence-corrected chi connectivity index (χ3v) is 3.83. The van der Waals surface area contributed by atoms with Gasteiger partial charge in [0.2, 0.25) is 10.0 Å². The number of nitrogens with zero attached hydrogens (tertiary/aromatic N) is 1. The zero-order chi connectivity index (χ0) is 14.0. The number of hydrogen-bond acceptors (Lipinski definition) is 6. The average Bonchev–Trinajstić information content (AvgIpc) is 2.80. The summed E-state index contributed by atoms with van der Waals surface area (Å²) in [7, 11) is -3.95. The molecule has 9 heteroatoms. The summed E-state index contributed by atoms with van der Waals surface area (Å²) in [6.45, 7) is 1.56. The van der Waals surface area contributed by atoms with Crippen LogP contribution in [0, 0.1) is 10.1 Å². The van der Waals surface area contributed by atoms with Crippen molar-refractivity contribution in [2.24, 2.45) is 5.14 Å². The summed E-state index contributed by atoms with van der Waals surface area (Å²) in [5, 5.41) is 22.1. The summed E-state index contributed by atoms with van der Waals surface area (Å²) < 4.78 is 22.4. The average molecular weight is 286 g/mol. The molecule has 0 radical (unpaired) electrons. The highest BCUT2D eigenvalue weighted by molar-refractivity contribution is 7.89. The molecule has 1 unspecified atom stereocenters. The highest BCUT2D eigenvalue weighted by Crippen LogP contribution is 2.28.